The minimum atomic E-state index is -0.937. The standard InChI is InChI=1S/C18H22O4/c19-17(20)13-18(21-11-12-22-18)10-4-7-16(15-8-9-15)14-5-2-1-3-6-14/h1-3,5-7,15H,4,8-13H2,(H,19,20)/b16-7-. The van der Waals surface area contributed by atoms with Gasteiger partial charge in [-0.25, -0.2) is 0 Å². The molecule has 0 amide bonds. The van der Waals surface area contributed by atoms with Gasteiger partial charge in [-0.15, -0.1) is 0 Å². The molecule has 1 saturated heterocycles. The van der Waals surface area contributed by atoms with E-state index in [1.807, 2.05) is 6.07 Å². The van der Waals surface area contributed by atoms with Gasteiger partial charge in [-0.3, -0.25) is 4.79 Å². The van der Waals surface area contributed by atoms with Crippen molar-refractivity contribution in [1.82, 2.24) is 0 Å². The van der Waals surface area contributed by atoms with Crippen molar-refractivity contribution in [3.8, 4) is 0 Å². The third kappa shape index (κ3) is 3.76. The highest BCUT2D eigenvalue weighted by atomic mass is 16.7. The number of rotatable bonds is 7. The minimum Gasteiger partial charge on any atom is -0.481 e. The van der Waals surface area contributed by atoms with Crippen LogP contribution in [0, 0.1) is 5.92 Å². The molecule has 2 fully saturated rings. The summed E-state index contributed by atoms with van der Waals surface area (Å²) in [5.74, 6) is -1.16. The molecule has 1 aliphatic carbocycles. The van der Waals surface area contributed by atoms with Crippen LogP contribution in [0.1, 0.15) is 37.7 Å². The molecule has 3 rings (SSSR count). The fraction of sp³-hybridized carbons (Fsp3) is 0.500. The molecule has 22 heavy (non-hydrogen) atoms. The Labute approximate surface area is 130 Å². The van der Waals surface area contributed by atoms with Crippen LogP contribution in [0.25, 0.3) is 5.57 Å². The van der Waals surface area contributed by atoms with Crippen LogP contribution in [0.15, 0.2) is 36.4 Å². The normalized spacial score (nSPS) is 21.0. The van der Waals surface area contributed by atoms with E-state index in [-0.39, 0.29) is 6.42 Å². The van der Waals surface area contributed by atoms with Gasteiger partial charge in [-0.2, -0.15) is 0 Å². The van der Waals surface area contributed by atoms with Crippen LogP contribution in [0.5, 0.6) is 0 Å². The van der Waals surface area contributed by atoms with Crippen molar-refractivity contribution in [3.05, 3.63) is 42.0 Å². The van der Waals surface area contributed by atoms with E-state index in [1.165, 1.54) is 24.0 Å². The van der Waals surface area contributed by atoms with Crippen molar-refractivity contribution in [2.45, 2.75) is 37.9 Å². The summed E-state index contributed by atoms with van der Waals surface area (Å²) >= 11 is 0. The number of hydrogen-bond acceptors (Lipinski definition) is 3. The first kappa shape index (κ1) is 15.3. The van der Waals surface area contributed by atoms with Crippen LogP contribution in [0.3, 0.4) is 0 Å². The van der Waals surface area contributed by atoms with Gasteiger partial charge >= 0.3 is 5.97 Å². The van der Waals surface area contributed by atoms with Gasteiger partial charge in [0.1, 0.15) is 0 Å². The molecule has 0 spiro atoms. The van der Waals surface area contributed by atoms with E-state index in [0.717, 1.165) is 6.42 Å². The molecular formula is C18H22O4. The SMILES string of the molecule is O=C(O)CC1(CC/C=C(/c2ccccc2)C2CC2)OCCO1. The van der Waals surface area contributed by atoms with Gasteiger partial charge in [0.15, 0.2) is 5.79 Å². The molecule has 1 aromatic rings. The zero-order chi connectivity index (χ0) is 15.4. The highest BCUT2D eigenvalue weighted by molar-refractivity contribution is 5.69. The number of benzene rings is 1. The summed E-state index contributed by atoms with van der Waals surface area (Å²) in [6.45, 7) is 0.955. The molecular weight excluding hydrogens is 280 g/mol. The molecule has 4 nitrogen and oxygen atoms in total. The summed E-state index contributed by atoms with van der Waals surface area (Å²) in [6.07, 6.45) is 5.99. The molecule has 1 aliphatic heterocycles. The molecule has 0 bridgehead atoms. The number of allylic oxidation sites excluding steroid dienone is 2. The Kier molecular flexibility index (Phi) is 4.60. The summed E-state index contributed by atoms with van der Waals surface area (Å²) in [5, 5.41) is 9.05. The zero-order valence-electron chi connectivity index (χ0n) is 12.7. The first-order valence-electron chi connectivity index (χ1n) is 7.94. The van der Waals surface area contributed by atoms with Gasteiger partial charge in [0, 0.05) is 6.42 Å². The maximum atomic E-state index is 11.0. The van der Waals surface area contributed by atoms with Gasteiger partial charge in [0.2, 0.25) is 0 Å². The second-order valence-corrected chi connectivity index (χ2v) is 6.02. The van der Waals surface area contributed by atoms with Gasteiger partial charge < -0.3 is 14.6 Å². The smallest absolute Gasteiger partial charge is 0.308 e. The van der Waals surface area contributed by atoms with Gasteiger partial charge in [-0.1, -0.05) is 36.4 Å². The average Bonchev–Trinajstić information content (AvgIpc) is 3.25. The van der Waals surface area contributed by atoms with E-state index in [0.29, 0.717) is 25.6 Å². The predicted molar refractivity (Wildman–Crippen MR) is 83.3 cm³/mol. The lowest BCUT2D eigenvalue weighted by atomic mass is 9.98. The van der Waals surface area contributed by atoms with Crippen LogP contribution in [0.4, 0.5) is 0 Å². The van der Waals surface area contributed by atoms with E-state index in [1.54, 1.807) is 0 Å². The Bertz CT molecular complexity index is 539. The van der Waals surface area contributed by atoms with Crippen molar-refractivity contribution in [3.63, 3.8) is 0 Å². The number of carboxylic acid groups (broad SMARTS) is 1. The quantitative estimate of drug-likeness (QED) is 0.838. The second kappa shape index (κ2) is 6.63. The highest BCUT2D eigenvalue weighted by Gasteiger charge is 2.38. The first-order chi connectivity index (χ1) is 10.7. The summed E-state index contributed by atoms with van der Waals surface area (Å²) in [4.78, 5) is 11.0. The van der Waals surface area contributed by atoms with E-state index in [9.17, 15) is 4.79 Å². The molecule has 0 atom stereocenters. The maximum Gasteiger partial charge on any atom is 0.308 e. The van der Waals surface area contributed by atoms with Crippen molar-refractivity contribution >= 4 is 11.5 Å². The Balaban J connectivity index is 1.67. The van der Waals surface area contributed by atoms with Crippen LogP contribution in [-0.2, 0) is 14.3 Å². The van der Waals surface area contributed by atoms with E-state index in [4.69, 9.17) is 14.6 Å². The molecule has 1 heterocycles. The molecule has 4 heteroatoms. The highest BCUT2D eigenvalue weighted by Crippen LogP contribution is 2.42. The van der Waals surface area contributed by atoms with Gasteiger partial charge in [0.05, 0.1) is 19.6 Å². The van der Waals surface area contributed by atoms with Crippen LogP contribution in [0.2, 0.25) is 0 Å². The first-order valence-corrected chi connectivity index (χ1v) is 7.94. The average molecular weight is 302 g/mol. The van der Waals surface area contributed by atoms with Crippen molar-refractivity contribution in [1.29, 1.82) is 0 Å². The Hall–Kier alpha value is -1.65. The molecule has 2 aliphatic rings. The van der Waals surface area contributed by atoms with Crippen LogP contribution < -0.4 is 0 Å². The lowest BCUT2D eigenvalue weighted by Crippen LogP contribution is -2.33. The third-order valence-corrected chi connectivity index (χ3v) is 4.25. The largest absolute Gasteiger partial charge is 0.481 e. The monoisotopic (exact) mass is 302 g/mol. The summed E-state index contributed by atoms with van der Waals surface area (Å²) < 4.78 is 11.2. The Morgan fingerprint density at radius 3 is 2.50 bits per heavy atom. The van der Waals surface area contributed by atoms with Crippen molar-refractivity contribution in [2.75, 3.05) is 13.2 Å². The fourth-order valence-electron chi connectivity index (χ4n) is 3.05. The van der Waals surface area contributed by atoms with Crippen LogP contribution in [-0.4, -0.2) is 30.1 Å². The van der Waals surface area contributed by atoms with Crippen molar-refractivity contribution < 1.29 is 19.4 Å². The molecule has 1 saturated carbocycles. The lowest BCUT2D eigenvalue weighted by molar-refractivity contribution is -0.181. The summed E-state index contributed by atoms with van der Waals surface area (Å²) in [7, 11) is 0. The fourth-order valence-corrected chi connectivity index (χ4v) is 3.05. The molecule has 1 N–H and O–H groups in total. The molecule has 0 aromatic heterocycles. The maximum absolute atomic E-state index is 11.0. The molecule has 1 aromatic carbocycles. The molecule has 0 unspecified atom stereocenters. The number of carbonyl (C=O) groups is 1. The molecule has 118 valence electrons. The van der Waals surface area contributed by atoms with Gasteiger partial charge in [0.25, 0.3) is 0 Å². The third-order valence-electron chi connectivity index (χ3n) is 4.25. The summed E-state index contributed by atoms with van der Waals surface area (Å²) in [6, 6.07) is 10.4. The number of carboxylic acids is 1. The second-order valence-electron chi connectivity index (χ2n) is 6.02. The zero-order valence-corrected chi connectivity index (χ0v) is 12.7. The molecule has 0 radical (unpaired) electrons. The van der Waals surface area contributed by atoms with Crippen LogP contribution >= 0.6 is 0 Å². The topological polar surface area (TPSA) is 55.8 Å². The van der Waals surface area contributed by atoms with E-state index in [2.05, 4.69) is 30.3 Å². The van der Waals surface area contributed by atoms with Crippen molar-refractivity contribution in [2.24, 2.45) is 5.92 Å². The number of hydrogen-bond donors (Lipinski definition) is 1. The minimum absolute atomic E-state index is 0.0923. The summed E-state index contributed by atoms with van der Waals surface area (Å²) in [5.41, 5.74) is 2.65. The van der Waals surface area contributed by atoms with Gasteiger partial charge in [-0.05, 0) is 36.3 Å². The lowest BCUT2D eigenvalue weighted by Gasteiger charge is -2.25. The predicted octanol–water partition coefficient (Wildman–Crippen LogP) is 3.48. The van der Waals surface area contributed by atoms with E-state index >= 15 is 0 Å². The Morgan fingerprint density at radius 2 is 1.91 bits per heavy atom. The Morgan fingerprint density at radius 1 is 1.23 bits per heavy atom. The number of ether oxygens (including phenoxy) is 2. The number of aliphatic carboxylic acids is 1. The van der Waals surface area contributed by atoms with E-state index < -0.39 is 11.8 Å².